The van der Waals surface area contributed by atoms with Gasteiger partial charge < -0.3 is 16.6 Å². The molecule has 1 aromatic rings. The van der Waals surface area contributed by atoms with Crippen LogP contribution in [0, 0.1) is 0 Å². The summed E-state index contributed by atoms with van der Waals surface area (Å²) in [4.78, 5) is 10.7. The molecule has 0 saturated carbocycles. The van der Waals surface area contributed by atoms with Gasteiger partial charge in [-0.3, -0.25) is 4.79 Å². The average Bonchev–Trinajstić information content (AvgIpc) is 2.27. The second-order valence-electron chi connectivity index (χ2n) is 5.66. The van der Waals surface area contributed by atoms with Gasteiger partial charge in [-0.15, -0.1) is 0 Å². The van der Waals surface area contributed by atoms with E-state index in [1.54, 1.807) is 0 Å². The predicted molar refractivity (Wildman–Crippen MR) is 72.3 cm³/mol. The second-order valence-corrected chi connectivity index (χ2v) is 5.66. The first-order valence-electron chi connectivity index (χ1n) is 6.06. The molecule has 0 aliphatic heterocycles. The maximum atomic E-state index is 10.7. The third kappa shape index (κ3) is 3.82. The molecule has 1 aromatic carbocycles. The molecule has 0 aromatic heterocycles. The molecule has 5 N–H and O–H groups in total. The lowest BCUT2D eigenvalue weighted by Gasteiger charge is -2.20. The Morgan fingerprint density at radius 2 is 1.72 bits per heavy atom. The van der Waals surface area contributed by atoms with E-state index in [1.807, 2.05) is 24.3 Å². The van der Waals surface area contributed by atoms with Crippen LogP contribution in [0.1, 0.15) is 44.4 Å². The lowest BCUT2D eigenvalue weighted by Crippen LogP contribution is -2.33. The van der Waals surface area contributed by atoms with Crippen molar-refractivity contribution in [3.05, 3.63) is 35.4 Å². The van der Waals surface area contributed by atoms with Crippen molar-refractivity contribution in [2.75, 3.05) is 0 Å². The minimum Gasteiger partial charge on any atom is -0.480 e. The first kappa shape index (κ1) is 14.7. The van der Waals surface area contributed by atoms with Crippen molar-refractivity contribution in [1.82, 2.24) is 0 Å². The van der Waals surface area contributed by atoms with Gasteiger partial charge in [-0.2, -0.15) is 0 Å². The minimum absolute atomic E-state index is 0.0973. The lowest BCUT2D eigenvalue weighted by molar-refractivity contribution is -0.138. The molecule has 0 amide bonds. The Bertz CT molecular complexity index is 407. The van der Waals surface area contributed by atoms with E-state index in [-0.39, 0.29) is 17.9 Å². The summed E-state index contributed by atoms with van der Waals surface area (Å²) in [6, 6.07) is 6.69. The summed E-state index contributed by atoms with van der Waals surface area (Å²) in [5, 5.41) is 8.75. The zero-order valence-electron chi connectivity index (χ0n) is 11.2. The topological polar surface area (TPSA) is 89.3 Å². The smallest absolute Gasteiger partial charge is 0.320 e. The summed E-state index contributed by atoms with van der Waals surface area (Å²) in [6.07, 6.45) is 0.240. The van der Waals surface area contributed by atoms with Crippen molar-refractivity contribution in [2.24, 2.45) is 11.5 Å². The van der Waals surface area contributed by atoms with Crippen LogP contribution in [0.25, 0.3) is 0 Å². The number of benzene rings is 1. The number of carbonyl (C=O) groups is 1. The highest BCUT2D eigenvalue weighted by molar-refractivity contribution is 5.73. The van der Waals surface area contributed by atoms with E-state index in [4.69, 9.17) is 16.6 Å². The number of hydrogen-bond donors (Lipinski definition) is 3. The molecule has 2 atom stereocenters. The Hall–Kier alpha value is -1.39. The quantitative estimate of drug-likeness (QED) is 0.760. The van der Waals surface area contributed by atoms with E-state index in [2.05, 4.69) is 20.8 Å². The Balaban J connectivity index is 2.76. The standard InChI is InChI=1S/C14H22N2O2/c1-14(2,3)10-6-4-9(5-7-10)11(15)8-12(16)13(17)18/h4-7,11-12H,8,15-16H2,1-3H3,(H,17,18). The number of rotatable bonds is 4. The van der Waals surface area contributed by atoms with Crippen LogP contribution in [0.4, 0.5) is 0 Å². The fraction of sp³-hybridized carbons (Fsp3) is 0.500. The third-order valence-electron chi connectivity index (χ3n) is 3.03. The Morgan fingerprint density at radius 1 is 1.22 bits per heavy atom. The second kappa shape index (κ2) is 5.50. The molecule has 4 nitrogen and oxygen atoms in total. The first-order chi connectivity index (χ1) is 8.21. The fourth-order valence-electron chi connectivity index (χ4n) is 1.74. The minimum atomic E-state index is -1.02. The summed E-state index contributed by atoms with van der Waals surface area (Å²) >= 11 is 0. The van der Waals surface area contributed by atoms with Crippen molar-refractivity contribution >= 4 is 5.97 Å². The van der Waals surface area contributed by atoms with E-state index >= 15 is 0 Å². The number of carboxylic acid groups (broad SMARTS) is 1. The van der Waals surface area contributed by atoms with E-state index in [0.717, 1.165) is 5.56 Å². The molecule has 0 saturated heterocycles. The molecule has 0 fully saturated rings. The molecule has 4 heteroatoms. The van der Waals surface area contributed by atoms with Gasteiger partial charge in [0.2, 0.25) is 0 Å². The van der Waals surface area contributed by atoms with Crippen molar-refractivity contribution in [3.63, 3.8) is 0 Å². The van der Waals surface area contributed by atoms with E-state index < -0.39 is 12.0 Å². The maximum absolute atomic E-state index is 10.7. The molecule has 0 bridgehead atoms. The normalized spacial score (nSPS) is 15.2. The van der Waals surface area contributed by atoms with Crippen LogP contribution >= 0.6 is 0 Å². The predicted octanol–water partition coefficient (Wildman–Crippen LogP) is 1.79. The molecule has 0 aliphatic carbocycles. The molecule has 2 unspecified atom stereocenters. The van der Waals surface area contributed by atoms with Gasteiger partial charge in [0, 0.05) is 6.04 Å². The summed E-state index contributed by atoms with van der Waals surface area (Å²) in [7, 11) is 0. The highest BCUT2D eigenvalue weighted by Crippen LogP contribution is 2.24. The first-order valence-corrected chi connectivity index (χ1v) is 6.06. The van der Waals surface area contributed by atoms with E-state index in [1.165, 1.54) is 5.56 Å². The van der Waals surface area contributed by atoms with Gasteiger partial charge in [0.1, 0.15) is 6.04 Å². The molecule has 1 rings (SSSR count). The Morgan fingerprint density at radius 3 is 2.11 bits per heavy atom. The van der Waals surface area contributed by atoms with Gasteiger partial charge >= 0.3 is 5.97 Å². The van der Waals surface area contributed by atoms with Gasteiger partial charge in [0.25, 0.3) is 0 Å². The lowest BCUT2D eigenvalue weighted by atomic mass is 9.86. The molecule has 0 radical (unpaired) electrons. The van der Waals surface area contributed by atoms with Crippen LogP contribution in [0.15, 0.2) is 24.3 Å². The molecular formula is C14H22N2O2. The zero-order valence-corrected chi connectivity index (χ0v) is 11.2. The highest BCUT2D eigenvalue weighted by Gasteiger charge is 2.18. The van der Waals surface area contributed by atoms with Gasteiger partial charge in [-0.25, -0.2) is 0 Å². The highest BCUT2D eigenvalue weighted by atomic mass is 16.4. The van der Waals surface area contributed by atoms with Crippen molar-refractivity contribution in [1.29, 1.82) is 0 Å². The summed E-state index contributed by atoms with van der Waals surface area (Å²) in [5.41, 5.74) is 13.7. The largest absolute Gasteiger partial charge is 0.480 e. The van der Waals surface area contributed by atoms with Crippen LogP contribution in [0.5, 0.6) is 0 Å². The molecule has 0 aliphatic rings. The number of aliphatic carboxylic acids is 1. The SMILES string of the molecule is CC(C)(C)c1ccc(C(N)CC(N)C(=O)O)cc1. The molecule has 0 spiro atoms. The maximum Gasteiger partial charge on any atom is 0.320 e. The Kier molecular flexibility index (Phi) is 4.48. The Labute approximate surface area is 108 Å². The van der Waals surface area contributed by atoms with Gasteiger partial charge in [-0.1, -0.05) is 45.0 Å². The van der Waals surface area contributed by atoms with Crippen LogP contribution in [0.2, 0.25) is 0 Å². The van der Waals surface area contributed by atoms with Crippen LogP contribution in [-0.2, 0) is 10.2 Å². The van der Waals surface area contributed by atoms with E-state index in [9.17, 15) is 4.79 Å². The van der Waals surface area contributed by atoms with Crippen LogP contribution in [0.3, 0.4) is 0 Å². The average molecular weight is 250 g/mol. The number of hydrogen-bond acceptors (Lipinski definition) is 3. The molecule has 18 heavy (non-hydrogen) atoms. The molecular weight excluding hydrogens is 228 g/mol. The number of nitrogens with two attached hydrogens (primary N) is 2. The summed E-state index contributed by atoms with van der Waals surface area (Å²) in [6.45, 7) is 6.42. The van der Waals surface area contributed by atoms with Crippen LogP contribution in [-0.4, -0.2) is 17.1 Å². The van der Waals surface area contributed by atoms with Gasteiger partial charge in [-0.05, 0) is 23.0 Å². The van der Waals surface area contributed by atoms with Crippen LogP contribution < -0.4 is 11.5 Å². The molecule has 100 valence electrons. The fourth-order valence-corrected chi connectivity index (χ4v) is 1.74. The monoisotopic (exact) mass is 250 g/mol. The molecule has 0 heterocycles. The summed E-state index contributed by atoms with van der Waals surface area (Å²) in [5.74, 6) is -1.02. The summed E-state index contributed by atoms with van der Waals surface area (Å²) < 4.78 is 0. The van der Waals surface area contributed by atoms with E-state index in [0.29, 0.717) is 0 Å². The third-order valence-corrected chi connectivity index (χ3v) is 3.03. The number of carboxylic acids is 1. The van der Waals surface area contributed by atoms with Crippen molar-refractivity contribution < 1.29 is 9.90 Å². The van der Waals surface area contributed by atoms with Crippen molar-refractivity contribution in [3.8, 4) is 0 Å². The zero-order chi connectivity index (χ0) is 13.9. The van der Waals surface area contributed by atoms with Gasteiger partial charge in [0.15, 0.2) is 0 Å². The van der Waals surface area contributed by atoms with Crippen molar-refractivity contribution in [2.45, 2.75) is 44.7 Å². The van der Waals surface area contributed by atoms with Gasteiger partial charge in [0.05, 0.1) is 0 Å².